The van der Waals surface area contributed by atoms with Gasteiger partial charge in [0.15, 0.2) is 0 Å². The molecule has 0 bridgehead atoms. The fraction of sp³-hybridized carbons (Fsp3) is 0.414. The summed E-state index contributed by atoms with van der Waals surface area (Å²) in [6, 6.07) is 15.0. The smallest absolute Gasteiger partial charge is 0.247 e. The lowest BCUT2D eigenvalue weighted by molar-refractivity contribution is -0.142. The van der Waals surface area contributed by atoms with E-state index in [-0.39, 0.29) is 30.2 Å². The van der Waals surface area contributed by atoms with Crippen molar-refractivity contribution in [2.45, 2.75) is 31.8 Å². The summed E-state index contributed by atoms with van der Waals surface area (Å²) in [5, 5.41) is 16.1. The molecule has 1 saturated heterocycles. The van der Waals surface area contributed by atoms with Crippen LogP contribution in [0.1, 0.15) is 18.9 Å². The molecule has 1 aliphatic carbocycles. The van der Waals surface area contributed by atoms with Crippen molar-refractivity contribution >= 4 is 23.4 Å². The minimum absolute atomic E-state index is 0.114. The van der Waals surface area contributed by atoms with Gasteiger partial charge in [0.25, 0.3) is 0 Å². The number of nitrogens with zero attached hydrogens (tertiary/aromatic N) is 1. The lowest BCUT2D eigenvalue weighted by Crippen LogP contribution is -2.51. The van der Waals surface area contributed by atoms with E-state index in [1.165, 1.54) is 4.90 Å². The summed E-state index contributed by atoms with van der Waals surface area (Å²) in [5.74, 6) is -2.06. The number of methoxy groups -OCH3 is 1. The predicted octanol–water partition coefficient (Wildman–Crippen LogP) is 2.64. The van der Waals surface area contributed by atoms with Gasteiger partial charge >= 0.3 is 0 Å². The van der Waals surface area contributed by atoms with Crippen molar-refractivity contribution in [3.05, 3.63) is 72.3 Å². The number of aliphatic hydroxyl groups excluding tert-OH is 1. The van der Waals surface area contributed by atoms with E-state index in [1.807, 2.05) is 49.4 Å². The second kappa shape index (κ2) is 11.6. The van der Waals surface area contributed by atoms with Gasteiger partial charge in [0.05, 0.1) is 31.6 Å². The van der Waals surface area contributed by atoms with Crippen molar-refractivity contribution in [1.82, 2.24) is 10.2 Å². The Morgan fingerprint density at radius 3 is 2.35 bits per heavy atom. The molecule has 1 fully saturated rings. The van der Waals surface area contributed by atoms with Crippen molar-refractivity contribution in [3.63, 3.8) is 0 Å². The second-order valence-corrected chi connectivity index (χ2v) is 9.63. The quantitative estimate of drug-likeness (QED) is 0.454. The minimum atomic E-state index is -0.873. The van der Waals surface area contributed by atoms with Crippen molar-refractivity contribution in [3.8, 4) is 5.75 Å². The number of ether oxygens (including phenoxy) is 1. The summed E-state index contributed by atoms with van der Waals surface area (Å²) in [5.41, 5.74) is 1.52. The molecule has 8 nitrogen and oxygen atoms in total. The summed E-state index contributed by atoms with van der Waals surface area (Å²) in [6.45, 7) is 1.68. The zero-order chi connectivity index (χ0) is 26.5. The third kappa shape index (κ3) is 5.25. The largest absolute Gasteiger partial charge is 0.497 e. The number of benzene rings is 2. The van der Waals surface area contributed by atoms with E-state index < -0.39 is 29.8 Å². The standard InChI is InChI=1S/C29H35N3O5/c1-4-19-10-15-23-25(24(19)27(34)30-2)29(36)32(21(17-33)16-18-8-6-5-7-9-18)26(23)28(35)31-20-11-13-22(37-3)14-12-20/h5-15,19,21,23-26,33H,4,16-17H2,1-3H3,(H,30,34)(H,31,35)/t19-,21-,23+,24-,25-,26+/m1/s1. The zero-order valence-electron chi connectivity index (χ0n) is 21.5. The number of fused-ring (bicyclic) bond motifs is 1. The first-order valence-corrected chi connectivity index (χ1v) is 12.7. The molecule has 37 heavy (non-hydrogen) atoms. The third-order valence-corrected chi connectivity index (χ3v) is 7.61. The lowest BCUT2D eigenvalue weighted by atomic mass is 9.69. The molecule has 0 radical (unpaired) electrons. The normalized spacial score (nSPS) is 25.4. The van der Waals surface area contributed by atoms with Crippen molar-refractivity contribution < 1.29 is 24.2 Å². The van der Waals surface area contributed by atoms with Crippen LogP contribution in [0.3, 0.4) is 0 Å². The molecule has 3 amide bonds. The molecule has 0 unspecified atom stereocenters. The van der Waals surface area contributed by atoms with Crippen LogP contribution < -0.4 is 15.4 Å². The van der Waals surface area contributed by atoms with Crippen LogP contribution in [0.25, 0.3) is 0 Å². The molecule has 8 heteroatoms. The number of allylic oxidation sites excluding steroid dienone is 1. The van der Waals surface area contributed by atoms with Crippen LogP contribution in [0.2, 0.25) is 0 Å². The van der Waals surface area contributed by atoms with Gasteiger partial charge in [-0.25, -0.2) is 0 Å². The Bertz CT molecular complexity index is 1130. The van der Waals surface area contributed by atoms with Gasteiger partial charge in [-0.05, 0) is 48.6 Å². The Morgan fingerprint density at radius 1 is 1.05 bits per heavy atom. The van der Waals surface area contributed by atoms with E-state index in [9.17, 15) is 19.5 Å². The SMILES string of the molecule is CC[C@@H]1C=C[C@H]2[C@@H](C(=O)N([C@@H](CO)Cc3ccccc3)[C@@H]2C(=O)Nc2ccc(OC)cc2)[C@@H]1C(=O)NC. The fourth-order valence-electron chi connectivity index (χ4n) is 5.78. The van der Waals surface area contributed by atoms with Crippen LogP contribution in [-0.4, -0.2) is 60.6 Å². The number of aliphatic hydroxyl groups is 1. The van der Waals surface area contributed by atoms with E-state index in [0.717, 1.165) is 5.56 Å². The molecular formula is C29H35N3O5. The van der Waals surface area contributed by atoms with Gasteiger partial charge < -0.3 is 25.4 Å². The number of rotatable bonds is 9. The lowest BCUT2D eigenvalue weighted by Gasteiger charge is -2.34. The number of amides is 3. The van der Waals surface area contributed by atoms with Crippen LogP contribution in [0, 0.1) is 23.7 Å². The Labute approximate surface area is 217 Å². The van der Waals surface area contributed by atoms with Gasteiger partial charge in [-0.15, -0.1) is 0 Å². The first-order chi connectivity index (χ1) is 17.9. The molecule has 2 aromatic rings. The molecule has 3 N–H and O–H groups in total. The first kappa shape index (κ1) is 26.4. The number of likely N-dealkylation sites (tertiary alicyclic amines) is 1. The van der Waals surface area contributed by atoms with Crippen LogP contribution in [0.4, 0.5) is 5.69 Å². The highest BCUT2D eigenvalue weighted by atomic mass is 16.5. The van der Waals surface area contributed by atoms with Gasteiger partial charge in [0, 0.05) is 18.7 Å². The van der Waals surface area contributed by atoms with Crippen molar-refractivity contribution in [2.75, 3.05) is 26.1 Å². The van der Waals surface area contributed by atoms with Gasteiger partial charge in [0.2, 0.25) is 17.7 Å². The molecule has 1 aliphatic heterocycles. The number of anilines is 1. The summed E-state index contributed by atoms with van der Waals surface area (Å²) in [4.78, 5) is 42.4. The Balaban J connectivity index is 1.73. The average molecular weight is 506 g/mol. The monoisotopic (exact) mass is 505 g/mol. The zero-order valence-corrected chi connectivity index (χ0v) is 21.5. The molecule has 2 aromatic carbocycles. The molecular weight excluding hydrogens is 470 g/mol. The molecule has 196 valence electrons. The molecule has 0 saturated carbocycles. The Hall–Kier alpha value is -3.65. The number of hydrogen-bond donors (Lipinski definition) is 3. The number of nitrogens with one attached hydrogen (secondary N) is 2. The van der Waals surface area contributed by atoms with Gasteiger partial charge in [0.1, 0.15) is 11.8 Å². The van der Waals surface area contributed by atoms with Crippen molar-refractivity contribution in [2.24, 2.45) is 23.7 Å². The summed E-state index contributed by atoms with van der Waals surface area (Å²) < 4.78 is 5.20. The highest BCUT2D eigenvalue weighted by Crippen LogP contribution is 2.46. The van der Waals surface area contributed by atoms with E-state index >= 15 is 0 Å². The maximum absolute atomic E-state index is 14.1. The Morgan fingerprint density at radius 2 is 1.76 bits per heavy atom. The molecule has 0 spiro atoms. The summed E-state index contributed by atoms with van der Waals surface area (Å²) >= 11 is 0. The molecule has 6 atom stereocenters. The fourth-order valence-corrected chi connectivity index (χ4v) is 5.78. The summed E-state index contributed by atoms with van der Waals surface area (Å²) in [7, 11) is 3.14. The predicted molar refractivity (Wildman–Crippen MR) is 141 cm³/mol. The van der Waals surface area contributed by atoms with Crippen LogP contribution in [-0.2, 0) is 20.8 Å². The van der Waals surface area contributed by atoms with Crippen LogP contribution in [0.15, 0.2) is 66.7 Å². The average Bonchev–Trinajstić information content (AvgIpc) is 3.23. The second-order valence-electron chi connectivity index (χ2n) is 9.63. The molecule has 4 rings (SSSR count). The maximum Gasteiger partial charge on any atom is 0.247 e. The van der Waals surface area contributed by atoms with Gasteiger partial charge in [-0.2, -0.15) is 0 Å². The minimum Gasteiger partial charge on any atom is -0.497 e. The number of hydrogen-bond acceptors (Lipinski definition) is 5. The van der Waals surface area contributed by atoms with E-state index in [0.29, 0.717) is 24.3 Å². The molecule has 2 aliphatic rings. The third-order valence-electron chi connectivity index (χ3n) is 7.61. The topological polar surface area (TPSA) is 108 Å². The number of carbonyl (C=O) groups is 3. The number of carbonyl (C=O) groups excluding carboxylic acids is 3. The molecule has 0 aromatic heterocycles. The summed E-state index contributed by atoms with van der Waals surface area (Å²) in [6.07, 6.45) is 4.98. The molecule has 1 heterocycles. The first-order valence-electron chi connectivity index (χ1n) is 12.7. The maximum atomic E-state index is 14.1. The highest BCUT2D eigenvalue weighted by molar-refractivity contribution is 6.02. The van der Waals surface area contributed by atoms with Crippen LogP contribution >= 0.6 is 0 Å². The van der Waals surface area contributed by atoms with E-state index in [2.05, 4.69) is 10.6 Å². The highest BCUT2D eigenvalue weighted by Gasteiger charge is 2.58. The van der Waals surface area contributed by atoms with Gasteiger partial charge in [-0.3, -0.25) is 14.4 Å². The Kier molecular flexibility index (Phi) is 8.28. The van der Waals surface area contributed by atoms with E-state index in [1.54, 1.807) is 38.4 Å². The van der Waals surface area contributed by atoms with Crippen LogP contribution in [0.5, 0.6) is 5.75 Å². The van der Waals surface area contributed by atoms with Crippen molar-refractivity contribution in [1.29, 1.82) is 0 Å². The van der Waals surface area contributed by atoms with E-state index in [4.69, 9.17) is 4.74 Å². The van der Waals surface area contributed by atoms with Gasteiger partial charge in [-0.1, -0.05) is 49.4 Å².